The molecule has 0 aliphatic rings. The van der Waals surface area contributed by atoms with Crippen LogP contribution in [-0.4, -0.2) is 28.0 Å². The topological polar surface area (TPSA) is 69.6 Å². The van der Waals surface area contributed by atoms with Gasteiger partial charge in [0.1, 0.15) is 6.04 Å². The van der Waals surface area contributed by atoms with Gasteiger partial charge in [-0.1, -0.05) is 30.3 Å². The zero-order valence-corrected chi connectivity index (χ0v) is 12.3. The van der Waals surface area contributed by atoms with Crippen molar-refractivity contribution >= 4 is 28.3 Å². The molecule has 6 heteroatoms. The number of anilines is 1. The molecule has 2 amide bonds. The summed E-state index contributed by atoms with van der Waals surface area (Å²) in [5.74, 6) is -1.03. The summed E-state index contributed by atoms with van der Waals surface area (Å²) in [6.07, 6.45) is 0. The highest BCUT2D eigenvalue weighted by atomic mass is 32.1. The minimum absolute atomic E-state index is 0.242. The van der Waals surface area contributed by atoms with Crippen LogP contribution in [0.4, 0.5) is 9.80 Å². The molecule has 0 spiro atoms. The first kappa shape index (κ1) is 15.1. The van der Waals surface area contributed by atoms with E-state index in [9.17, 15) is 14.7 Å². The molecule has 0 saturated carbocycles. The van der Waals surface area contributed by atoms with Crippen LogP contribution in [0.2, 0.25) is 0 Å². The second kappa shape index (κ2) is 6.90. The second-order valence-corrected chi connectivity index (χ2v) is 5.48. The van der Waals surface area contributed by atoms with Gasteiger partial charge in [0.05, 0.1) is 5.00 Å². The third-order valence-corrected chi connectivity index (χ3v) is 3.82. The average molecular weight is 304 g/mol. The molecule has 0 aliphatic carbocycles. The van der Waals surface area contributed by atoms with Crippen molar-refractivity contribution in [2.75, 3.05) is 5.32 Å². The Balaban J connectivity index is 2.15. The normalized spacial score (nSPS) is 11.7. The van der Waals surface area contributed by atoms with Gasteiger partial charge in [-0.2, -0.15) is 0 Å². The van der Waals surface area contributed by atoms with Crippen molar-refractivity contribution in [3.05, 3.63) is 53.4 Å². The first-order valence-corrected chi connectivity index (χ1v) is 7.33. The van der Waals surface area contributed by atoms with Gasteiger partial charge in [-0.05, 0) is 30.0 Å². The number of rotatable bonds is 5. The van der Waals surface area contributed by atoms with Crippen molar-refractivity contribution in [1.29, 1.82) is 0 Å². The van der Waals surface area contributed by atoms with E-state index < -0.39 is 18.0 Å². The number of carbonyl (C=O) groups is 2. The lowest BCUT2D eigenvalue weighted by Crippen LogP contribution is -2.44. The van der Waals surface area contributed by atoms with Crippen LogP contribution in [0.5, 0.6) is 0 Å². The fraction of sp³-hybridized carbons (Fsp3) is 0.200. The van der Waals surface area contributed by atoms with Crippen LogP contribution in [-0.2, 0) is 11.3 Å². The Morgan fingerprint density at radius 1 is 1.24 bits per heavy atom. The maximum absolute atomic E-state index is 12.3. The van der Waals surface area contributed by atoms with E-state index >= 15 is 0 Å². The third-order valence-electron chi connectivity index (χ3n) is 3.03. The Bertz CT molecular complexity index is 599. The van der Waals surface area contributed by atoms with E-state index in [2.05, 4.69) is 5.32 Å². The number of nitrogens with zero attached hydrogens (tertiary/aromatic N) is 1. The second-order valence-electron chi connectivity index (χ2n) is 4.54. The summed E-state index contributed by atoms with van der Waals surface area (Å²) in [5, 5.41) is 14.4. The Kier molecular flexibility index (Phi) is 4.94. The van der Waals surface area contributed by atoms with Crippen molar-refractivity contribution in [3.63, 3.8) is 0 Å². The predicted octanol–water partition coefficient (Wildman–Crippen LogP) is 3.26. The maximum Gasteiger partial charge on any atom is 0.326 e. The molecule has 2 aromatic rings. The van der Waals surface area contributed by atoms with Crippen LogP contribution in [0.25, 0.3) is 0 Å². The van der Waals surface area contributed by atoms with Crippen LogP contribution in [0, 0.1) is 0 Å². The molecule has 2 N–H and O–H groups in total. The van der Waals surface area contributed by atoms with Crippen molar-refractivity contribution in [2.45, 2.75) is 19.5 Å². The molecule has 110 valence electrons. The molecule has 0 saturated heterocycles. The summed E-state index contributed by atoms with van der Waals surface area (Å²) in [4.78, 5) is 24.8. The number of thiophene rings is 1. The predicted molar refractivity (Wildman–Crippen MR) is 82.4 cm³/mol. The minimum atomic E-state index is -1.03. The van der Waals surface area contributed by atoms with Gasteiger partial charge in [0.15, 0.2) is 0 Å². The number of carbonyl (C=O) groups excluding carboxylic acids is 1. The quantitative estimate of drug-likeness (QED) is 0.890. The van der Waals surface area contributed by atoms with E-state index in [1.54, 1.807) is 6.07 Å². The largest absolute Gasteiger partial charge is 0.480 e. The molecule has 1 aromatic heterocycles. The van der Waals surface area contributed by atoms with Crippen LogP contribution in [0.3, 0.4) is 0 Å². The zero-order chi connectivity index (χ0) is 15.2. The molecule has 0 bridgehead atoms. The number of urea groups is 1. The van der Waals surface area contributed by atoms with Gasteiger partial charge in [-0.3, -0.25) is 5.32 Å². The number of nitrogens with one attached hydrogen (secondary N) is 1. The highest BCUT2D eigenvalue weighted by Crippen LogP contribution is 2.17. The standard InChI is InChI=1S/C15H16N2O3S/c1-11(14(18)19)17(10-12-6-3-2-4-7-12)15(20)16-13-8-5-9-21-13/h2-9,11H,10H2,1H3,(H,16,20)(H,18,19). The van der Waals surface area contributed by atoms with Gasteiger partial charge < -0.3 is 10.0 Å². The molecule has 0 aliphatic heterocycles. The van der Waals surface area contributed by atoms with Crippen molar-refractivity contribution in [3.8, 4) is 0 Å². The Morgan fingerprint density at radius 2 is 1.95 bits per heavy atom. The van der Waals surface area contributed by atoms with Gasteiger partial charge >= 0.3 is 12.0 Å². The Labute approximate surface area is 126 Å². The van der Waals surface area contributed by atoms with Crippen LogP contribution in [0.1, 0.15) is 12.5 Å². The fourth-order valence-corrected chi connectivity index (χ4v) is 2.43. The van der Waals surface area contributed by atoms with Gasteiger partial charge in [0.2, 0.25) is 0 Å². The number of carboxylic acids is 1. The van der Waals surface area contributed by atoms with E-state index in [4.69, 9.17) is 0 Å². The molecule has 1 atom stereocenters. The van der Waals surface area contributed by atoms with Crippen molar-refractivity contribution < 1.29 is 14.7 Å². The average Bonchev–Trinajstić information content (AvgIpc) is 2.97. The number of hydrogen-bond acceptors (Lipinski definition) is 3. The fourth-order valence-electron chi connectivity index (χ4n) is 1.82. The number of amides is 2. The number of carboxylic acid groups (broad SMARTS) is 1. The van der Waals surface area contributed by atoms with E-state index in [1.165, 1.54) is 23.2 Å². The first-order chi connectivity index (χ1) is 10.1. The highest BCUT2D eigenvalue weighted by Gasteiger charge is 2.25. The molecule has 1 heterocycles. The Morgan fingerprint density at radius 3 is 2.52 bits per heavy atom. The maximum atomic E-state index is 12.3. The van der Waals surface area contributed by atoms with Crippen LogP contribution >= 0.6 is 11.3 Å². The van der Waals surface area contributed by atoms with Gasteiger partial charge in [0.25, 0.3) is 0 Å². The zero-order valence-electron chi connectivity index (χ0n) is 11.5. The van der Waals surface area contributed by atoms with Gasteiger partial charge in [0, 0.05) is 6.54 Å². The highest BCUT2D eigenvalue weighted by molar-refractivity contribution is 7.14. The summed E-state index contributed by atoms with van der Waals surface area (Å²) in [6, 6.07) is 11.6. The van der Waals surface area contributed by atoms with Crippen molar-refractivity contribution in [1.82, 2.24) is 4.90 Å². The molecular weight excluding hydrogens is 288 g/mol. The molecule has 21 heavy (non-hydrogen) atoms. The molecular formula is C15H16N2O3S. The lowest BCUT2D eigenvalue weighted by molar-refractivity contribution is -0.141. The number of aliphatic carboxylic acids is 1. The Hall–Kier alpha value is -2.34. The molecule has 5 nitrogen and oxygen atoms in total. The van der Waals surface area contributed by atoms with E-state index in [0.717, 1.165) is 5.56 Å². The SMILES string of the molecule is CC(C(=O)O)N(Cc1ccccc1)C(=O)Nc1cccs1. The summed E-state index contributed by atoms with van der Waals surface area (Å²) in [6.45, 7) is 1.74. The molecule has 2 rings (SSSR count). The van der Waals surface area contributed by atoms with Crippen LogP contribution in [0.15, 0.2) is 47.8 Å². The van der Waals surface area contributed by atoms with Gasteiger partial charge in [-0.25, -0.2) is 9.59 Å². The summed E-state index contributed by atoms with van der Waals surface area (Å²) in [5.41, 5.74) is 0.881. The lowest BCUT2D eigenvalue weighted by atomic mass is 10.2. The van der Waals surface area contributed by atoms with Crippen molar-refractivity contribution in [2.24, 2.45) is 0 Å². The van der Waals surface area contributed by atoms with Gasteiger partial charge in [-0.15, -0.1) is 11.3 Å². The number of benzene rings is 1. The third kappa shape index (κ3) is 4.06. The molecule has 1 aromatic carbocycles. The first-order valence-electron chi connectivity index (χ1n) is 6.46. The van der Waals surface area contributed by atoms with E-state index in [0.29, 0.717) is 5.00 Å². The monoisotopic (exact) mass is 304 g/mol. The minimum Gasteiger partial charge on any atom is -0.480 e. The smallest absolute Gasteiger partial charge is 0.326 e. The van der Waals surface area contributed by atoms with E-state index in [1.807, 2.05) is 41.8 Å². The molecule has 0 radical (unpaired) electrons. The van der Waals surface area contributed by atoms with E-state index in [-0.39, 0.29) is 6.54 Å². The lowest BCUT2D eigenvalue weighted by Gasteiger charge is -2.26. The summed E-state index contributed by atoms with van der Waals surface area (Å²) >= 11 is 1.39. The number of hydrogen-bond donors (Lipinski definition) is 2. The molecule has 0 fully saturated rings. The molecule has 1 unspecified atom stereocenters. The van der Waals surface area contributed by atoms with Crippen LogP contribution < -0.4 is 5.32 Å². The summed E-state index contributed by atoms with van der Waals surface area (Å²) in [7, 11) is 0. The summed E-state index contributed by atoms with van der Waals surface area (Å²) < 4.78 is 0.